The maximum absolute atomic E-state index is 11.0. The molecule has 0 aromatic heterocycles. The average Bonchev–Trinajstić information content (AvgIpc) is 2.43. The second kappa shape index (κ2) is 9.20. The highest BCUT2D eigenvalue weighted by Crippen LogP contribution is 2.13. The van der Waals surface area contributed by atoms with Crippen molar-refractivity contribution in [1.82, 2.24) is 0 Å². The van der Waals surface area contributed by atoms with E-state index in [-0.39, 0.29) is 5.97 Å². The van der Waals surface area contributed by atoms with Crippen molar-refractivity contribution in [2.24, 2.45) is 0 Å². The van der Waals surface area contributed by atoms with Crippen LogP contribution in [-0.4, -0.2) is 19.2 Å². The fourth-order valence-electron chi connectivity index (χ4n) is 1.61. The van der Waals surface area contributed by atoms with Gasteiger partial charge in [-0.1, -0.05) is 25.5 Å². The lowest BCUT2D eigenvalue weighted by Crippen LogP contribution is -2.00. The molecule has 0 radical (unpaired) electrons. The second-order valence-electron chi connectivity index (χ2n) is 4.21. The smallest absolute Gasteiger partial charge is 0.330 e. The third-order valence-electron chi connectivity index (χ3n) is 2.63. The molecule has 104 valence electrons. The van der Waals surface area contributed by atoms with Crippen molar-refractivity contribution in [2.75, 3.05) is 13.2 Å². The Balaban J connectivity index is 2.31. The lowest BCUT2D eigenvalue weighted by Gasteiger charge is -2.04. The van der Waals surface area contributed by atoms with Crippen molar-refractivity contribution in [3.63, 3.8) is 0 Å². The van der Waals surface area contributed by atoms with Gasteiger partial charge in [-0.15, -0.1) is 0 Å². The number of benzene rings is 1. The molecule has 0 heterocycles. The Morgan fingerprint density at radius 3 is 2.58 bits per heavy atom. The molecule has 3 heteroatoms. The molecule has 1 rings (SSSR count). The molecule has 0 aliphatic carbocycles. The molecule has 0 unspecified atom stereocenters. The Morgan fingerprint density at radius 1 is 1.21 bits per heavy atom. The largest absolute Gasteiger partial charge is 0.490 e. The van der Waals surface area contributed by atoms with Gasteiger partial charge in [0.25, 0.3) is 0 Å². The number of rotatable bonds is 8. The van der Waals surface area contributed by atoms with E-state index in [0.717, 1.165) is 12.2 Å². The summed E-state index contributed by atoms with van der Waals surface area (Å²) in [6.07, 6.45) is 6.57. The van der Waals surface area contributed by atoms with E-state index in [4.69, 9.17) is 9.47 Å². The van der Waals surface area contributed by atoms with Gasteiger partial charge in [-0.2, -0.15) is 0 Å². The summed E-state index contributed by atoms with van der Waals surface area (Å²) in [6.45, 7) is 4.73. The van der Waals surface area contributed by atoms with Crippen molar-refractivity contribution in [3.8, 4) is 5.75 Å². The van der Waals surface area contributed by atoms with Gasteiger partial charge >= 0.3 is 5.97 Å². The average molecular weight is 262 g/mol. The van der Waals surface area contributed by atoms with Gasteiger partial charge in [0.05, 0.1) is 6.61 Å². The standard InChI is InChI=1S/C16H22O3/c1-3-5-7-14-9-11-15(12-10-14)19-13-6-8-16(17)18-4-2/h6,8-12H,3-5,7,13H2,1-2H3/b8-6+. The molecule has 3 nitrogen and oxygen atoms in total. The van der Waals surface area contributed by atoms with Gasteiger partial charge in [0.1, 0.15) is 12.4 Å². The highest BCUT2D eigenvalue weighted by atomic mass is 16.5. The maximum atomic E-state index is 11.0. The number of carbonyl (C=O) groups excluding carboxylic acids is 1. The fraction of sp³-hybridized carbons (Fsp3) is 0.438. The Kier molecular flexibility index (Phi) is 7.40. The van der Waals surface area contributed by atoms with Gasteiger partial charge in [-0.05, 0) is 43.5 Å². The summed E-state index contributed by atoms with van der Waals surface area (Å²) in [4.78, 5) is 11.0. The molecule has 19 heavy (non-hydrogen) atoms. The lowest BCUT2D eigenvalue weighted by atomic mass is 10.1. The first-order chi connectivity index (χ1) is 9.26. The van der Waals surface area contributed by atoms with Gasteiger partial charge in [-0.3, -0.25) is 0 Å². The van der Waals surface area contributed by atoms with E-state index >= 15 is 0 Å². The molecule has 0 N–H and O–H groups in total. The minimum atomic E-state index is -0.332. The number of ether oxygens (including phenoxy) is 2. The summed E-state index contributed by atoms with van der Waals surface area (Å²) in [5.41, 5.74) is 1.33. The molecule has 0 spiro atoms. The summed E-state index contributed by atoms with van der Waals surface area (Å²) >= 11 is 0. The van der Waals surface area contributed by atoms with Crippen LogP contribution in [-0.2, 0) is 16.0 Å². The molecule has 1 aromatic carbocycles. The van der Waals surface area contributed by atoms with E-state index in [0.29, 0.717) is 13.2 Å². The molecule has 0 aliphatic rings. The highest BCUT2D eigenvalue weighted by molar-refractivity contribution is 5.81. The summed E-state index contributed by atoms with van der Waals surface area (Å²) in [5, 5.41) is 0. The van der Waals surface area contributed by atoms with Crippen LogP contribution >= 0.6 is 0 Å². The minimum Gasteiger partial charge on any atom is -0.490 e. The number of carbonyl (C=O) groups is 1. The van der Waals surface area contributed by atoms with E-state index in [1.165, 1.54) is 24.5 Å². The molecule has 0 fully saturated rings. The molecule has 0 saturated carbocycles. The van der Waals surface area contributed by atoms with E-state index in [1.54, 1.807) is 13.0 Å². The monoisotopic (exact) mass is 262 g/mol. The number of esters is 1. The SMILES string of the molecule is CCCCc1ccc(OC/C=C/C(=O)OCC)cc1. The number of hydrogen-bond donors (Lipinski definition) is 0. The zero-order valence-electron chi connectivity index (χ0n) is 11.7. The summed E-state index contributed by atoms with van der Waals surface area (Å²) in [6, 6.07) is 8.09. The fourth-order valence-corrected chi connectivity index (χ4v) is 1.61. The first-order valence-electron chi connectivity index (χ1n) is 6.81. The minimum absolute atomic E-state index is 0.332. The van der Waals surface area contributed by atoms with Crippen LogP contribution in [0.2, 0.25) is 0 Å². The Morgan fingerprint density at radius 2 is 1.95 bits per heavy atom. The molecule has 0 saturated heterocycles. The second-order valence-corrected chi connectivity index (χ2v) is 4.21. The van der Waals surface area contributed by atoms with Crippen LogP contribution in [0.5, 0.6) is 5.75 Å². The Labute approximate surface area is 115 Å². The highest BCUT2D eigenvalue weighted by Gasteiger charge is 1.96. The molecular formula is C16H22O3. The van der Waals surface area contributed by atoms with Gasteiger partial charge < -0.3 is 9.47 Å². The molecule has 0 bridgehead atoms. The molecular weight excluding hydrogens is 240 g/mol. The van der Waals surface area contributed by atoms with E-state index in [1.807, 2.05) is 12.1 Å². The first kappa shape index (κ1) is 15.3. The predicted octanol–water partition coefficient (Wildman–Crippen LogP) is 3.53. The molecule has 0 aliphatic heterocycles. The summed E-state index contributed by atoms with van der Waals surface area (Å²) in [5.74, 6) is 0.481. The van der Waals surface area contributed by atoms with Gasteiger partial charge in [0.2, 0.25) is 0 Å². The zero-order chi connectivity index (χ0) is 13.9. The topological polar surface area (TPSA) is 35.5 Å². The van der Waals surface area contributed by atoms with Gasteiger partial charge in [-0.25, -0.2) is 4.79 Å². The Hall–Kier alpha value is -1.77. The lowest BCUT2D eigenvalue weighted by molar-refractivity contribution is -0.137. The molecule has 0 atom stereocenters. The van der Waals surface area contributed by atoms with Crippen molar-refractivity contribution in [3.05, 3.63) is 42.0 Å². The van der Waals surface area contributed by atoms with Crippen LogP contribution in [0.25, 0.3) is 0 Å². The molecule has 1 aromatic rings. The normalized spacial score (nSPS) is 10.6. The van der Waals surface area contributed by atoms with Crippen LogP contribution in [0.15, 0.2) is 36.4 Å². The van der Waals surface area contributed by atoms with Crippen molar-refractivity contribution >= 4 is 5.97 Å². The Bertz CT molecular complexity index is 393. The van der Waals surface area contributed by atoms with Crippen LogP contribution in [0.1, 0.15) is 32.3 Å². The quantitative estimate of drug-likeness (QED) is 0.531. The summed E-state index contributed by atoms with van der Waals surface area (Å²) < 4.78 is 10.3. The number of aryl methyl sites for hydroxylation is 1. The third kappa shape index (κ3) is 6.65. The number of unbranched alkanes of at least 4 members (excludes halogenated alkanes) is 1. The van der Waals surface area contributed by atoms with Gasteiger partial charge in [0.15, 0.2) is 0 Å². The van der Waals surface area contributed by atoms with Gasteiger partial charge in [0, 0.05) is 6.08 Å². The number of hydrogen-bond acceptors (Lipinski definition) is 3. The maximum Gasteiger partial charge on any atom is 0.330 e. The predicted molar refractivity (Wildman–Crippen MR) is 76.3 cm³/mol. The molecule has 0 amide bonds. The van der Waals surface area contributed by atoms with Crippen LogP contribution < -0.4 is 4.74 Å². The zero-order valence-corrected chi connectivity index (χ0v) is 11.7. The van der Waals surface area contributed by atoms with E-state index in [9.17, 15) is 4.79 Å². The summed E-state index contributed by atoms with van der Waals surface area (Å²) in [7, 11) is 0. The van der Waals surface area contributed by atoms with Crippen molar-refractivity contribution in [1.29, 1.82) is 0 Å². The van der Waals surface area contributed by atoms with Crippen LogP contribution in [0, 0.1) is 0 Å². The van der Waals surface area contributed by atoms with E-state index < -0.39 is 0 Å². The van der Waals surface area contributed by atoms with E-state index in [2.05, 4.69) is 19.1 Å². The van der Waals surface area contributed by atoms with Crippen LogP contribution in [0.3, 0.4) is 0 Å². The first-order valence-corrected chi connectivity index (χ1v) is 6.81. The third-order valence-corrected chi connectivity index (χ3v) is 2.63. The van der Waals surface area contributed by atoms with Crippen LogP contribution in [0.4, 0.5) is 0 Å². The van der Waals surface area contributed by atoms with Crippen molar-refractivity contribution < 1.29 is 14.3 Å². The van der Waals surface area contributed by atoms with Crippen molar-refractivity contribution in [2.45, 2.75) is 33.1 Å².